The van der Waals surface area contributed by atoms with Gasteiger partial charge in [0.25, 0.3) is 0 Å². The molecule has 1 aromatic rings. The Balaban J connectivity index is 1.91. The number of fused-ring (bicyclic) bond motifs is 3. The zero-order valence-electron chi connectivity index (χ0n) is 28.1. The molecule has 0 radical (unpaired) electrons. The van der Waals surface area contributed by atoms with Gasteiger partial charge in [0.1, 0.15) is 5.60 Å². The van der Waals surface area contributed by atoms with Gasteiger partial charge in [-0.3, -0.25) is 4.79 Å². The summed E-state index contributed by atoms with van der Waals surface area (Å²) in [6, 6.07) is 9.67. The van der Waals surface area contributed by atoms with Crippen molar-refractivity contribution in [3.8, 4) is 0 Å². The summed E-state index contributed by atoms with van der Waals surface area (Å²) in [5, 5.41) is 13.1. The molecule has 0 aromatic heterocycles. The fourth-order valence-corrected chi connectivity index (χ4v) is 9.72. The van der Waals surface area contributed by atoms with Crippen molar-refractivity contribution in [2.75, 3.05) is 0 Å². The summed E-state index contributed by atoms with van der Waals surface area (Å²) in [6.07, 6.45) is -1.61. The van der Waals surface area contributed by atoms with Crippen LogP contribution in [0, 0.1) is 5.92 Å². The Hall–Kier alpha value is -1.83. The molecule has 1 aromatic carbocycles. The number of esters is 2. The molecule has 1 aliphatic heterocycles. The topological polar surface area (TPSA) is 101 Å². The summed E-state index contributed by atoms with van der Waals surface area (Å²) < 4.78 is 32.5. The molecule has 0 amide bonds. The number of rotatable bonds is 8. The lowest BCUT2D eigenvalue weighted by molar-refractivity contribution is -0.206. The second-order valence-corrected chi connectivity index (χ2v) is 24.7. The maximum absolute atomic E-state index is 13.9. The highest BCUT2D eigenvalue weighted by Gasteiger charge is 2.75. The van der Waals surface area contributed by atoms with E-state index in [1.165, 1.54) is 6.92 Å². The number of carbonyl (C=O) groups excluding carboxylic acids is 2. The van der Waals surface area contributed by atoms with Gasteiger partial charge in [-0.15, -0.1) is 0 Å². The van der Waals surface area contributed by atoms with Crippen LogP contribution in [0.3, 0.4) is 0 Å². The Labute approximate surface area is 259 Å². The molecule has 1 saturated heterocycles. The summed E-state index contributed by atoms with van der Waals surface area (Å²) in [5.41, 5.74) is -2.11. The Morgan fingerprint density at radius 1 is 1.09 bits per heavy atom. The minimum absolute atomic E-state index is 0.0253. The molecular formula is C33H52O8Si2. The van der Waals surface area contributed by atoms with E-state index in [0.717, 1.165) is 16.7 Å². The van der Waals surface area contributed by atoms with Crippen LogP contribution in [-0.4, -0.2) is 68.8 Å². The van der Waals surface area contributed by atoms with E-state index in [0.29, 0.717) is 6.42 Å². The molecule has 0 unspecified atom stereocenters. The first-order chi connectivity index (χ1) is 19.6. The number of hydrogen-bond donors (Lipinski definition) is 1. The van der Waals surface area contributed by atoms with E-state index in [1.807, 2.05) is 63.8 Å². The van der Waals surface area contributed by atoms with Crippen LogP contribution in [-0.2, 0) is 39.3 Å². The Bertz CT molecular complexity index is 1270. The van der Waals surface area contributed by atoms with E-state index in [2.05, 4.69) is 33.9 Å². The van der Waals surface area contributed by atoms with Crippen molar-refractivity contribution < 1.29 is 37.8 Å². The van der Waals surface area contributed by atoms with Gasteiger partial charge in [0.15, 0.2) is 33.9 Å². The molecule has 43 heavy (non-hydrogen) atoms. The average molecular weight is 633 g/mol. The van der Waals surface area contributed by atoms with E-state index in [9.17, 15) is 14.7 Å². The molecule has 1 saturated carbocycles. The lowest BCUT2D eigenvalue weighted by Gasteiger charge is -2.45. The van der Waals surface area contributed by atoms with Crippen LogP contribution in [0.25, 0.3) is 0 Å². The molecule has 3 aliphatic rings. The normalized spacial score (nSPS) is 34.9. The predicted molar refractivity (Wildman–Crippen MR) is 170 cm³/mol. The molecule has 8 nitrogen and oxygen atoms in total. The van der Waals surface area contributed by atoms with Gasteiger partial charge < -0.3 is 28.2 Å². The van der Waals surface area contributed by atoms with Crippen molar-refractivity contribution in [2.45, 2.75) is 141 Å². The first-order valence-corrected chi connectivity index (χ1v) is 21.7. The van der Waals surface area contributed by atoms with Gasteiger partial charge in [0, 0.05) is 19.3 Å². The van der Waals surface area contributed by atoms with Crippen molar-refractivity contribution in [3.05, 3.63) is 47.0 Å². The number of aliphatic hydroxyl groups is 1. The second kappa shape index (κ2) is 11.2. The van der Waals surface area contributed by atoms with Crippen LogP contribution in [0.5, 0.6) is 0 Å². The zero-order chi connectivity index (χ0) is 32.4. The van der Waals surface area contributed by atoms with Crippen molar-refractivity contribution >= 4 is 28.6 Å². The van der Waals surface area contributed by atoms with E-state index in [-0.39, 0.29) is 30.1 Å². The van der Waals surface area contributed by atoms with Crippen LogP contribution in [0.1, 0.15) is 66.9 Å². The molecule has 1 N–H and O–H groups in total. The minimum Gasteiger partial charge on any atom is -0.459 e. The summed E-state index contributed by atoms with van der Waals surface area (Å²) >= 11 is 0. The van der Waals surface area contributed by atoms with E-state index >= 15 is 0 Å². The van der Waals surface area contributed by atoms with Crippen molar-refractivity contribution in [1.82, 2.24) is 0 Å². The number of benzene rings is 1. The van der Waals surface area contributed by atoms with Crippen LogP contribution < -0.4 is 0 Å². The summed E-state index contributed by atoms with van der Waals surface area (Å²) in [7, 11) is -4.62. The quantitative estimate of drug-likeness (QED) is 0.203. The largest absolute Gasteiger partial charge is 0.459 e. The molecular weight excluding hydrogens is 581 g/mol. The van der Waals surface area contributed by atoms with Crippen LogP contribution in [0.2, 0.25) is 37.8 Å². The third-order valence-electron chi connectivity index (χ3n) is 10.1. The van der Waals surface area contributed by atoms with Crippen LogP contribution >= 0.6 is 0 Å². The molecule has 10 heteroatoms. The van der Waals surface area contributed by atoms with E-state index in [1.54, 1.807) is 6.92 Å². The third kappa shape index (κ3) is 6.07. The molecule has 7 atom stereocenters. The van der Waals surface area contributed by atoms with Crippen molar-refractivity contribution in [3.63, 3.8) is 0 Å². The molecule has 0 bridgehead atoms. The zero-order valence-corrected chi connectivity index (χ0v) is 30.1. The first-order valence-electron chi connectivity index (χ1n) is 15.4. The second-order valence-electron chi connectivity index (χ2n) is 15.5. The van der Waals surface area contributed by atoms with Gasteiger partial charge in [-0.25, -0.2) is 4.79 Å². The van der Waals surface area contributed by atoms with Crippen LogP contribution in [0.15, 0.2) is 41.5 Å². The minimum atomic E-state index is -2.41. The summed E-state index contributed by atoms with van der Waals surface area (Å²) in [5.74, 6) is -1.40. The highest BCUT2D eigenvalue weighted by molar-refractivity contribution is 6.74. The number of ether oxygens (including phenoxy) is 3. The monoisotopic (exact) mass is 632 g/mol. The van der Waals surface area contributed by atoms with Gasteiger partial charge in [-0.1, -0.05) is 51.1 Å². The van der Waals surface area contributed by atoms with Crippen LogP contribution in [0.4, 0.5) is 0 Å². The third-order valence-corrected chi connectivity index (χ3v) is 15.6. The van der Waals surface area contributed by atoms with Gasteiger partial charge >= 0.3 is 11.9 Å². The van der Waals surface area contributed by atoms with Gasteiger partial charge in [-0.2, -0.15) is 0 Å². The molecule has 240 valence electrons. The van der Waals surface area contributed by atoms with E-state index < -0.39 is 57.6 Å². The SMILES string of the molecule is CC(=O)O[C@@]1(C)C[C@@H](OCc2ccccc2)[C@@]2(O)[C@@H](OC(=O)[C@@]2(C)O[Si](C)(C)C)C2=C(C)[C@H](O[Si](C)(C)C(C)(C)C)C[C@@H]21. The van der Waals surface area contributed by atoms with Crippen molar-refractivity contribution in [1.29, 1.82) is 0 Å². The fraction of sp³-hybridized carbons (Fsp3) is 0.697. The van der Waals surface area contributed by atoms with Gasteiger partial charge in [0.05, 0.1) is 18.8 Å². The molecule has 2 aliphatic carbocycles. The van der Waals surface area contributed by atoms with Gasteiger partial charge in [0.2, 0.25) is 0 Å². The molecule has 0 spiro atoms. The number of hydrogen-bond acceptors (Lipinski definition) is 8. The smallest absolute Gasteiger partial charge is 0.341 e. The molecule has 4 rings (SSSR count). The first kappa shape index (κ1) is 34.1. The Morgan fingerprint density at radius 3 is 2.23 bits per heavy atom. The van der Waals surface area contributed by atoms with Crippen molar-refractivity contribution in [2.24, 2.45) is 5.92 Å². The maximum Gasteiger partial charge on any atom is 0.341 e. The predicted octanol–water partition coefficient (Wildman–Crippen LogP) is 6.29. The summed E-state index contributed by atoms with van der Waals surface area (Å²) in [4.78, 5) is 26.5. The maximum atomic E-state index is 13.9. The highest BCUT2D eigenvalue weighted by Crippen LogP contribution is 2.58. The Kier molecular flexibility index (Phi) is 8.87. The lowest BCUT2D eigenvalue weighted by Crippen LogP contribution is -2.67. The Morgan fingerprint density at radius 2 is 1.70 bits per heavy atom. The molecule has 2 fully saturated rings. The lowest BCUT2D eigenvalue weighted by atomic mass is 9.75. The fourth-order valence-electron chi connectivity index (χ4n) is 6.91. The molecule has 1 heterocycles. The highest BCUT2D eigenvalue weighted by atomic mass is 28.4. The van der Waals surface area contributed by atoms with E-state index in [4.69, 9.17) is 23.1 Å². The standard InChI is InChI=1S/C33H52O8Si2/c1-21-25(40-43(11,12)30(3,4)5)18-24-27(21)28-33(36,32(7,29(35)38-28)41-42(8,9)10)26(19-31(24,6)39-22(2)34)37-20-23-16-14-13-15-17-23/h13-17,24-26,28,36H,18-20H2,1-12H3/t24-,25+,26+,28-,31-,32+,33+/m0/s1. The van der Waals surface area contributed by atoms with Gasteiger partial charge in [-0.05, 0) is 81.7 Å². The number of carbonyl (C=O) groups is 2. The summed E-state index contributed by atoms with van der Waals surface area (Å²) in [6.45, 7) is 24.1. The average Bonchev–Trinajstić information content (AvgIpc) is 3.24.